The molecule has 0 aromatic heterocycles. The summed E-state index contributed by atoms with van der Waals surface area (Å²) in [5, 5.41) is 2.86. The zero-order chi connectivity index (χ0) is 20.8. The van der Waals surface area contributed by atoms with E-state index in [4.69, 9.17) is 4.74 Å². The molecule has 0 radical (unpaired) electrons. The molecule has 2 aromatic carbocycles. The van der Waals surface area contributed by atoms with Crippen LogP contribution in [-0.2, 0) is 22.6 Å². The second kappa shape index (κ2) is 9.56. The van der Waals surface area contributed by atoms with Crippen LogP contribution in [0, 0.1) is 0 Å². The first-order chi connectivity index (χ1) is 13.9. The number of benzene rings is 2. The fraction of sp³-hybridized carbons (Fsp3) is 0.391. The van der Waals surface area contributed by atoms with Crippen molar-refractivity contribution in [2.45, 2.75) is 32.0 Å². The van der Waals surface area contributed by atoms with Gasteiger partial charge in [-0.1, -0.05) is 48.5 Å². The molecular formula is C23H29N3O3. The van der Waals surface area contributed by atoms with E-state index in [1.807, 2.05) is 73.6 Å². The standard InChI is InChI=1S/C23H29N3O3/c1-17(27)24-21(13-18-9-5-4-6-10-18)23(28)26-14-19-11-7-8-12-22(19)29-16-20(26)15-25(2)3/h4-12,20-21H,13-16H2,1-3H3,(H,24,27)/t20-,21-/m1/s1. The van der Waals surface area contributed by atoms with Gasteiger partial charge in [0.2, 0.25) is 11.8 Å². The molecule has 2 aromatic rings. The minimum absolute atomic E-state index is 0.0868. The number of nitrogens with one attached hydrogen (secondary N) is 1. The molecule has 0 spiro atoms. The Morgan fingerprint density at radius 2 is 1.83 bits per heavy atom. The maximum absolute atomic E-state index is 13.6. The second-order valence-corrected chi connectivity index (χ2v) is 7.74. The van der Waals surface area contributed by atoms with E-state index in [1.54, 1.807) is 0 Å². The molecule has 0 aliphatic carbocycles. The second-order valence-electron chi connectivity index (χ2n) is 7.74. The van der Waals surface area contributed by atoms with Crippen molar-refractivity contribution in [2.75, 3.05) is 27.2 Å². The van der Waals surface area contributed by atoms with Crippen molar-refractivity contribution in [3.8, 4) is 5.75 Å². The lowest BCUT2D eigenvalue weighted by Crippen LogP contribution is -2.55. The van der Waals surface area contributed by atoms with Gasteiger partial charge in [0.15, 0.2) is 0 Å². The summed E-state index contributed by atoms with van der Waals surface area (Å²) >= 11 is 0. The van der Waals surface area contributed by atoms with Gasteiger partial charge in [0.25, 0.3) is 0 Å². The molecule has 1 N–H and O–H groups in total. The van der Waals surface area contributed by atoms with E-state index >= 15 is 0 Å². The van der Waals surface area contributed by atoms with Gasteiger partial charge in [0, 0.05) is 32.0 Å². The fourth-order valence-electron chi connectivity index (χ4n) is 3.69. The first-order valence-corrected chi connectivity index (χ1v) is 9.91. The summed E-state index contributed by atoms with van der Waals surface area (Å²) in [6.07, 6.45) is 0.451. The quantitative estimate of drug-likeness (QED) is 0.814. The van der Waals surface area contributed by atoms with Gasteiger partial charge in [0.1, 0.15) is 18.4 Å². The fourth-order valence-corrected chi connectivity index (χ4v) is 3.69. The van der Waals surface area contributed by atoms with Gasteiger partial charge in [-0.3, -0.25) is 9.59 Å². The topological polar surface area (TPSA) is 61.9 Å². The summed E-state index contributed by atoms with van der Waals surface area (Å²) in [4.78, 5) is 29.4. The normalized spacial score (nSPS) is 17.1. The lowest BCUT2D eigenvalue weighted by Gasteiger charge is -2.34. The monoisotopic (exact) mass is 395 g/mol. The number of nitrogens with zero attached hydrogens (tertiary/aromatic N) is 2. The van der Waals surface area contributed by atoms with Crippen LogP contribution in [0.3, 0.4) is 0 Å². The summed E-state index contributed by atoms with van der Waals surface area (Å²) in [5.41, 5.74) is 1.98. The SMILES string of the molecule is CC(=O)N[C@H](Cc1ccccc1)C(=O)N1Cc2ccccc2OC[C@H]1CN(C)C. The lowest BCUT2D eigenvalue weighted by molar-refractivity contribution is -0.139. The van der Waals surface area contributed by atoms with Crippen LogP contribution in [0.5, 0.6) is 5.75 Å². The van der Waals surface area contributed by atoms with Crippen LogP contribution in [0.1, 0.15) is 18.1 Å². The Morgan fingerprint density at radius 1 is 1.14 bits per heavy atom. The Morgan fingerprint density at radius 3 is 2.52 bits per heavy atom. The lowest BCUT2D eigenvalue weighted by atomic mass is 10.0. The van der Waals surface area contributed by atoms with Crippen LogP contribution in [-0.4, -0.2) is 60.9 Å². The van der Waals surface area contributed by atoms with Crippen LogP contribution >= 0.6 is 0 Å². The molecule has 1 aliphatic rings. The largest absolute Gasteiger partial charge is 0.491 e. The highest BCUT2D eigenvalue weighted by Gasteiger charge is 2.33. The molecule has 1 aliphatic heterocycles. The van der Waals surface area contributed by atoms with E-state index < -0.39 is 6.04 Å². The molecule has 1 heterocycles. The van der Waals surface area contributed by atoms with Crippen LogP contribution in [0.15, 0.2) is 54.6 Å². The summed E-state index contributed by atoms with van der Waals surface area (Å²) in [5.74, 6) is 0.511. The van der Waals surface area contributed by atoms with Crippen LogP contribution in [0.25, 0.3) is 0 Å². The number of carbonyl (C=O) groups excluding carboxylic acids is 2. The number of hydrogen-bond donors (Lipinski definition) is 1. The molecule has 6 nitrogen and oxygen atoms in total. The predicted molar refractivity (Wildman–Crippen MR) is 113 cm³/mol. The minimum Gasteiger partial charge on any atom is -0.491 e. The summed E-state index contributed by atoms with van der Waals surface area (Å²) in [6.45, 7) is 3.00. The maximum Gasteiger partial charge on any atom is 0.246 e. The van der Waals surface area contributed by atoms with Gasteiger partial charge in [-0.15, -0.1) is 0 Å². The molecule has 0 unspecified atom stereocenters. The number of hydrogen-bond acceptors (Lipinski definition) is 4. The first kappa shape index (κ1) is 20.9. The number of carbonyl (C=O) groups is 2. The molecule has 2 atom stereocenters. The van der Waals surface area contributed by atoms with Crippen LogP contribution in [0.4, 0.5) is 0 Å². The highest BCUT2D eigenvalue weighted by molar-refractivity contribution is 5.87. The van der Waals surface area contributed by atoms with E-state index in [9.17, 15) is 9.59 Å². The predicted octanol–water partition coefficient (Wildman–Crippen LogP) is 2.09. The van der Waals surface area contributed by atoms with Gasteiger partial charge < -0.3 is 19.9 Å². The Hall–Kier alpha value is -2.86. The van der Waals surface area contributed by atoms with Gasteiger partial charge in [-0.05, 0) is 25.7 Å². The van der Waals surface area contributed by atoms with Gasteiger partial charge in [-0.2, -0.15) is 0 Å². The number of rotatable bonds is 6. The number of likely N-dealkylation sites (N-methyl/N-ethyl adjacent to an activating group) is 1. The molecule has 0 fully saturated rings. The van der Waals surface area contributed by atoms with Crippen molar-refractivity contribution in [1.29, 1.82) is 0 Å². The minimum atomic E-state index is -0.621. The van der Waals surface area contributed by atoms with Crippen molar-refractivity contribution in [2.24, 2.45) is 0 Å². The Balaban J connectivity index is 1.89. The van der Waals surface area contributed by atoms with Crippen LogP contribution < -0.4 is 10.1 Å². The van der Waals surface area contributed by atoms with Gasteiger partial charge in [-0.25, -0.2) is 0 Å². The number of para-hydroxylation sites is 1. The van der Waals surface area contributed by atoms with E-state index in [2.05, 4.69) is 10.2 Å². The summed E-state index contributed by atoms with van der Waals surface area (Å²) in [6, 6.07) is 16.8. The van der Waals surface area contributed by atoms with E-state index in [1.165, 1.54) is 6.92 Å². The Kier molecular flexibility index (Phi) is 6.88. The zero-order valence-corrected chi connectivity index (χ0v) is 17.3. The average molecular weight is 396 g/mol. The first-order valence-electron chi connectivity index (χ1n) is 9.91. The molecule has 2 amide bonds. The van der Waals surface area contributed by atoms with E-state index in [0.29, 0.717) is 26.1 Å². The van der Waals surface area contributed by atoms with E-state index in [-0.39, 0.29) is 17.9 Å². The Labute approximate surface area is 172 Å². The molecule has 0 saturated carbocycles. The van der Waals surface area contributed by atoms with Crippen molar-refractivity contribution in [3.63, 3.8) is 0 Å². The number of fused-ring (bicyclic) bond motifs is 1. The third kappa shape index (κ3) is 5.57. The zero-order valence-electron chi connectivity index (χ0n) is 17.3. The molecule has 29 heavy (non-hydrogen) atoms. The van der Waals surface area contributed by atoms with Gasteiger partial charge >= 0.3 is 0 Å². The van der Waals surface area contributed by atoms with Crippen molar-refractivity contribution in [3.05, 3.63) is 65.7 Å². The third-order valence-corrected chi connectivity index (χ3v) is 5.00. The molecular weight excluding hydrogens is 366 g/mol. The average Bonchev–Trinajstić information content (AvgIpc) is 2.87. The van der Waals surface area contributed by atoms with Crippen molar-refractivity contribution < 1.29 is 14.3 Å². The highest BCUT2D eigenvalue weighted by Crippen LogP contribution is 2.26. The van der Waals surface area contributed by atoms with Crippen molar-refractivity contribution >= 4 is 11.8 Å². The molecule has 0 saturated heterocycles. The summed E-state index contributed by atoms with van der Waals surface area (Å²) < 4.78 is 6.01. The maximum atomic E-state index is 13.6. The smallest absolute Gasteiger partial charge is 0.246 e. The van der Waals surface area contributed by atoms with E-state index in [0.717, 1.165) is 16.9 Å². The number of amides is 2. The Bertz CT molecular complexity index is 838. The third-order valence-electron chi connectivity index (χ3n) is 5.00. The van der Waals surface area contributed by atoms with Gasteiger partial charge in [0.05, 0.1) is 6.04 Å². The molecule has 3 rings (SSSR count). The highest BCUT2D eigenvalue weighted by atomic mass is 16.5. The molecule has 154 valence electrons. The van der Waals surface area contributed by atoms with Crippen LogP contribution in [0.2, 0.25) is 0 Å². The summed E-state index contributed by atoms with van der Waals surface area (Å²) in [7, 11) is 3.96. The van der Waals surface area contributed by atoms with Crippen molar-refractivity contribution in [1.82, 2.24) is 15.1 Å². The molecule has 6 heteroatoms. The molecule has 0 bridgehead atoms. The number of ether oxygens (including phenoxy) is 1.